The first-order valence-electron chi connectivity index (χ1n) is 13.1. The van der Waals surface area contributed by atoms with Crippen molar-refractivity contribution in [2.24, 2.45) is 0 Å². The molecule has 0 spiro atoms. The van der Waals surface area contributed by atoms with E-state index < -0.39 is 32.0 Å². The number of aryl methyl sites for hydroxylation is 1. The molecule has 4 aromatic rings. The van der Waals surface area contributed by atoms with Gasteiger partial charge in [0, 0.05) is 25.6 Å². The maximum Gasteiger partial charge on any atom is 0.243 e. The Hall–Kier alpha value is -3.91. The summed E-state index contributed by atoms with van der Waals surface area (Å²) in [6, 6.07) is 9.09. The van der Waals surface area contributed by atoms with E-state index in [4.69, 9.17) is 66.0 Å². The third kappa shape index (κ3) is 8.23. The maximum absolute atomic E-state index is 13.9. The largest absolute Gasteiger partial charge is 0.514 e. The zero-order valence-electron chi connectivity index (χ0n) is 24.8. The van der Waals surface area contributed by atoms with E-state index >= 15 is 0 Å². The van der Waals surface area contributed by atoms with Gasteiger partial charge in [0.2, 0.25) is 21.9 Å². The Morgan fingerprint density at radius 2 is 1.47 bits per heavy atom. The van der Waals surface area contributed by atoms with Crippen LogP contribution in [0.4, 0.5) is 5.95 Å². The molecule has 0 amide bonds. The van der Waals surface area contributed by atoms with Crippen molar-refractivity contribution in [2.75, 3.05) is 18.9 Å². The summed E-state index contributed by atoms with van der Waals surface area (Å²) in [6.07, 6.45) is 2.01. The molecule has 0 bridgehead atoms. The summed E-state index contributed by atoms with van der Waals surface area (Å²) in [5.74, 6) is -0.300. The zero-order valence-corrected chi connectivity index (χ0v) is 25.6. The highest BCUT2D eigenvalue weighted by Gasteiger charge is 2.35. The smallest absolute Gasteiger partial charge is 0.243 e. The lowest BCUT2D eigenvalue weighted by molar-refractivity contribution is 0.0949. The van der Waals surface area contributed by atoms with Crippen LogP contribution in [0.3, 0.4) is 0 Å². The molecule has 0 unspecified atom stereocenters. The molecule has 0 aliphatic heterocycles. The topological polar surface area (TPSA) is 152 Å². The van der Waals surface area contributed by atoms with E-state index in [1.54, 1.807) is 37.5 Å². The average molecular weight is 614 g/mol. The van der Waals surface area contributed by atoms with Crippen molar-refractivity contribution in [3.8, 4) is 34.6 Å². The second-order valence-electron chi connectivity index (χ2n) is 9.89. The predicted octanol–water partition coefficient (Wildman–Crippen LogP) is -0.0546. The van der Waals surface area contributed by atoms with E-state index in [-0.39, 0.29) is 46.4 Å². The van der Waals surface area contributed by atoms with Crippen LogP contribution in [0.2, 0.25) is 0 Å². The Morgan fingerprint density at radius 3 is 2.00 bits per heavy atom. The highest BCUT2D eigenvalue weighted by molar-refractivity contribution is 7.93. The zero-order chi connectivity index (χ0) is 33.2. The summed E-state index contributed by atoms with van der Waals surface area (Å²) in [4.78, 5) is 12.8. The van der Waals surface area contributed by atoms with E-state index in [1.807, 2.05) is 0 Å². The van der Waals surface area contributed by atoms with Gasteiger partial charge in [-0.2, -0.15) is 0 Å². The quantitative estimate of drug-likeness (QED) is 0.202. The van der Waals surface area contributed by atoms with Crippen molar-refractivity contribution in [2.45, 2.75) is 35.8 Å². The lowest BCUT2D eigenvalue weighted by Gasteiger charge is -2.30. The standard InChI is InChI=1S/C25H23B6N7O6S/c1-13-11-32-21(33-12-13)20(42-4)14(2)45(39,40)37-23-36-35-22(15-7-5-10-18(34-15)41-3)38(23)19-16(43-24(26,27)28)8-6-9-17(19)44-25(29,30)31/h5-12,14,20H,1-4H3,(H,36,37)/t14-,20-/m0/s1. The van der Waals surface area contributed by atoms with Crippen molar-refractivity contribution < 1.29 is 27.4 Å². The van der Waals surface area contributed by atoms with Crippen molar-refractivity contribution >= 4 is 63.0 Å². The van der Waals surface area contributed by atoms with Gasteiger partial charge in [0.25, 0.3) is 0 Å². The summed E-state index contributed by atoms with van der Waals surface area (Å²) in [6.45, 7) is 3.20. The SMILES string of the molecule is [B]C([B])([B])Oc1cccc(OC([B])([B])[B])c1-n1c(NS(=O)(=O)[C@@H](C)[C@H](OC)c2ncc(C)cn2)nnc1-c1cccc(OC)n1. The number of benzene rings is 1. The number of rotatable bonds is 13. The van der Waals surface area contributed by atoms with Gasteiger partial charge in [-0.15, -0.1) is 10.2 Å². The number of para-hydroxylation sites is 1. The van der Waals surface area contributed by atoms with E-state index in [9.17, 15) is 8.42 Å². The molecule has 0 saturated carbocycles. The summed E-state index contributed by atoms with van der Waals surface area (Å²) in [5, 5.41) is 2.63. The minimum atomic E-state index is -4.34. The van der Waals surface area contributed by atoms with Crippen LogP contribution < -0.4 is 18.9 Å². The molecule has 218 valence electrons. The first-order valence-corrected chi connectivity index (χ1v) is 14.6. The first-order chi connectivity index (χ1) is 21.0. The number of nitrogens with zero attached hydrogens (tertiary/aromatic N) is 6. The van der Waals surface area contributed by atoms with Gasteiger partial charge in [0.05, 0.1) is 7.11 Å². The maximum atomic E-state index is 13.9. The normalized spacial score (nSPS) is 13.5. The van der Waals surface area contributed by atoms with Crippen LogP contribution in [0.25, 0.3) is 17.2 Å². The van der Waals surface area contributed by atoms with Crippen molar-refractivity contribution in [3.05, 3.63) is 60.2 Å². The van der Waals surface area contributed by atoms with Gasteiger partial charge in [0.1, 0.15) is 81.3 Å². The molecule has 1 N–H and O–H groups in total. The van der Waals surface area contributed by atoms with Crippen molar-refractivity contribution in [3.63, 3.8) is 0 Å². The van der Waals surface area contributed by atoms with Gasteiger partial charge in [0.15, 0.2) is 11.6 Å². The minimum absolute atomic E-state index is 0.0290. The highest BCUT2D eigenvalue weighted by Crippen LogP contribution is 2.39. The fraction of sp³-hybridized carbons (Fsp3) is 0.320. The molecule has 45 heavy (non-hydrogen) atoms. The molecule has 0 aliphatic carbocycles. The highest BCUT2D eigenvalue weighted by atomic mass is 32.2. The van der Waals surface area contributed by atoms with Gasteiger partial charge in [-0.05, 0) is 48.2 Å². The summed E-state index contributed by atoms with van der Waals surface area (Å²) >= 11 is 0. The van der Waals surface area contributed by atoms with Crippen LogP contribution >= 0.6 is 0 Å². The van der Waals surface area contributed by atoms with Crippen LogP contribution in [-0.4, -0.2) is 115 Å². The lowest BCUT2D eigenvalue weighted by Crippen LogP contribution is -2.39. The van der Waals surface area contributed by atoms with Gasteiger partial charge < -0.3 is 18.9 Å². The van der Waals surface area contributed by atoms with Crippen LogP contribution in [0.5, 0.6) is 17.4 Å². The van der Waals surface area contributed by atoms with Crippen LogP contribution in [0.1, 0.15) is 24.4 Å². The third-order valence-electron chi connectivity index (χ3n) is 6.04. The number of nitrogens with one attached hydrogen (secondary N) is 1. The minimum Gasteiger partial charge on any atom is -0.514 e. The summed E-state index contributed by atoms with van der Waals surface area (Å²) in [5.41, 5.74) is 0.859. The summed E-state index contributed by atoms with van der Waals surface area (Å²) < 4.78 is 53.3. The lowest BCUT2D eigenvalue weighted by atomic mass is 9.52. The van der Waals surface area contributed by atoms with Gasteiger partial charge in [-0.3, -0.25) is 9.29 Å². The van der Waals surface area contributed by atoms with Crippen molar-refractivity contribution in [1.29, 1.82) is 0 Å². The second-order valence-corrected chi connectivity index (χ2v) is 11.9. The van der Waals surface area contributed by atoms with Crippen LogP contribution in [-0.2, 0) is 14.8 Å². The second kappa shape index (κ2) is 13.2. The van der Waals surface area contributed by atoms with Gasteiger partial charge in [-0.1, -0.05) is 12.1 Å². The number of methoxy groups -OCH3 is 2. The monoisotopic (exact) mass is 615 g/mol. The number of pyridine rings is 1. The molecule has 2 atom stereocenters. The third-order valence-corrected chi connectivity index (χ3v) is 7.74. The van der Waals surface area contributed by atoms with Crippen molar-refractivity contribution in [1.82, 2.24) is 29.7 Å². The Balaban J connectivity index is 1.94. The van der Waals surface area contributed by atoms with E-state index in [2.05, 4.69) is 29.9 Å². The number of aromatic nitrogens is 6. The Labute approximate surface area is 269 Å². The molecule has 1 aromatic carbocycles. The fourth-order valence-electron chi connectivity index (χ4n) is 4.09. The molecule has 12 radical (unpaired) electrons. The molecule has 20 heteroatoms. The average Bonchev–Trinajstić information content (AvgIpc) is 3.35. The Bertz CT molecular complexity index is 1720. The summed E-state index contributed by atoms with van der Waals surface area (Å²) in [7, 11) is 33.0. The molecule has 13 nitrogen and oxygen atoms in total. The molecular weight excluding hydrogens is 591 g/mol. The molecule has 0 aliphatic rings. The molecular formula is C25H23B6N7O6S. The number of sulfonamides is 1. The number of hydrogen-bond donors (Lipinski definition) is 1. The van der Waals surface area contributed by atoms with E-state index in [0.29, 0.717) is 0 Å². The molecule has 0 fully saturated rings. The molecule has 4 rings (SSSR count). The molecule has 3 heterocycles. The number of ether oxygens (including phenoxy) is 4. The molecule has 3 aromatic heterocycles. The first kappa shape index (κ1) is 34.0. The Morgan fingerprint density at radius 1 is 0.889 bits per heavy atom. The molecule has 0 saturated heterocycles. The van der Waals surface area contributed by atoms with Gasteiger partial charge in [-0.25, -0.2) is 23.4 Å². The predicted molar refractivity (Wildman–Crippen MR) is 171 cm³/mol. The Kier molecular flexibility index (Phi) is 9.97. The van der Waals surface area contributed by atoms with Crippen LogP contribution in [0.15, 0.2) is 48.8 Å². The van der Waals surface area contributed by atoms with Gasteiger partial charge >= 0.3 is 0 Å². The van der Waals surface area contributed by atoms with Crippen LogP contribution in [0, 0.1) is 6.92 Å². The number of anilines is 1. The van der Waals surface area contributed by atoms with E-state index in [0.717, 1.165) is 5.56 Å². The number of hydrogen-bond acceptors (Lipinski definition) is 11. The van der Waals surface area contributed by atoms with E-state index in [1.165, 1.54) is 43.9 Å². The fourth-order valence-corrected chi connectivity index (χ4v) is 5.22.